The Kier molecular flexibility index (Phi) is 3.25. The third-order valence-electron chi connectivity index (χ3n) is 5.26. The number of fused-ring (bicyclic) bond motifs is 1. The lowest BCUT2D eigenvalue weighted by atomic mass is 10.00. The highest BCUT2D eigenvalue weighted by molar-refractivity contribution is 5.81. The zero-order chi connectivity index (χ0) is 13.6. The smallest absolute Gasteiger partial charge is 0.306 e. The van der Waals surface area contributed by atoms with Crippen molar-refractivity contribution in [3.8, 4) is 0 Å². The minimum atomic E-state index is -0.774. The Bertz CT molecular complexity index is 397. The molecule has 2 saturated carbocycles. The Morgan fingerprint density at radius 1 is 1.00 bits per heavy atom. The number of carbonyl (C=O) groups is 2. The molecule has 0 aromatic heterocycles. The Labute approximate surface area is 112 Å². The van der Waals surface area contributed by atoms with Gasteiger partial charge >= 0.3 is 5.97 Å². The van der Waals surface area contributed by atoms with Crippen molar-refractivity contribution in [3.05, 3.63) is 0 Å². The minimum absolute atomic E-state index is 0.114. The van der Waals surface area contributed by atoms with Crippen LogP contribution in [0.5, 0.6) is 0 Å². The van der Waals surface area contributed by atoms with Gasteiger partial charge in [-0.3, -0.25) is 9.59 Å². The first-order chi connectivity index (χ1) is 9.06. The van der Waals surface area contributed by atoms with E-state index in [-0.39, 0.29) is 29.8 Å². The molecular weight excluding hydrogens is 246 g/mol. The Balaban J connectivity index is 1.59. The summed E-state index contributed by atoms with van der Waals surface area (Å²) in [4.78, 5) is 25.2. The molecule has 3 aliphatic rings. The monoisotopic (exact) mass is 267 g/mol. The predicted molar refractivity (Wildman–Crippen MR) is 67.3 cm³/mol. The van der Waals surface area contributed by atoms with Gasteiger partial charge in [-0.1, -0.05) is 0 Å². The van der Waals surface area contributed by atoms with Gasteiger partial charge in [0.25, 0.3) is 0 Å². The molecule has 0 spiro atoms. The summed E-state index contributed by atoms with van der Waals surface area (Å²) in [5.41, 5.74) is 0. The van der Waals surface area contributed by atoms with Crippen molar-refractivity contribution in [1.82, 2.24) is 4.90 Å². The molecule has 1 amide bonds. The zero-order valence-corrected chi connectivity index (χ0v) is 11.0. The number of carboxylic acids is 1. The largest absolute Gasteiger partial charge is 0.481 e. The van der Waals surface area contributed by atoms with Crippen molar-refractivity contribution in [3.63, 3.8) is 0 Å². The fraction of sp³-hybridized carbons (Fsp3) is 0.857. The Morgan fingerprint density at radius 3 is 2.37 bits per heavy atom. The third kappa shape index (κ3) is 2.24. The van der Waals surface area contributed by atoms with Crippen LogP contribution in [-0.4, -0.2) is 46.2 Å². The number of aliphatic carboxylic acids is 1. The SMILES string of the molecule is O=C(O)[C@H]1CC[C@@H](C(=O)N2CC3CCC(O)C3C2)C1. The van der Waals surface area contributed by atoms with Crippen LogP contribution in [0.3, 0.4) is 0 Å². The summed E-state index contributed by atoms with van der Waals surface area (Å²) in [5, 5.41) is 18.8. The van der Waals surface area contributed by atoms with Gasteiger partial charge in [0.1, 0.15) is 0 Å². The van der Waals surface area contributed by atoms with Crippen LogP contribution in [-0.2, 0) is 9.59 Å². The molecule has 0 aromatic carbocycles. The second kappa shape index (κ2) is 4.78. The first-order valence-electron chi connectivity index (χ1n) is 7.26. The van der Waals surface area contributed by atoms with E-state index >= 15 is 0 Å². The van der Waals surface area contributed by atoms with Crippen LogP contribution in [0, 0.1) is 23.7 Å². The summed E-state index contributed by atoms with van der Waals surface area (Å²) < 4.78 is 0. The van der Waals surface area contributed by atoms with E-state index in [1.54, 1.807) is 0 Å². The number of aliphatic hydroxyl groups excluding tert-OH is 1. The fourth-order valence-electron chi connectivity index (χ4n) is 4.10. The molecule has 2 aliphatic carbocycles. The van der Waals surface area contributed by atoms with E-state index in [0.29, 0.717) is 31.7 Å². The first kappa shape index (κ1) is 12.9. The van der Waals surface area contributed by atoms with Crippen molar-refractivity contribution in [2.24, 2.45) is 23.7 Å². The molecule has 106 valence electrons. The second-order valence-electron chi connectivity index (χ2n) is 6.36. The molecule has 1 aliphatic heterocycles. The van der Waals surface area contributed by atoms with Crippen LogP contribution in [0.2, 0.25) is 0 Å². The number of amides is 1. The molecule has 0 radical (unpaired) electrons. The van der Waals surface area contributed by atoms with Crippen molar-refractivity contribution >= 4 is 11.9 Å². The molecule has 1 saturated heterocycles. The highest BCUT2D eigenvalue weighted by Crippen LogP contribution is 2.40. The number of hydrogen-bond acceptors (Lipinski definition) is 3. The second-order valence-corrected chi connectivity index (χ2v) is 6.36. The van der Waals surface area contributed by atoms with Crippen LogP contribution >= 0.6 is 0 Å². The standard InChI is InChI=1S/C14H21NO4/c16-12-4-3-10-6-15(7-11(10)12)13(17)8-1-2-9(5-8)14(18)19/h8-12,16H,1-7H2,(H,18,19)/t8-,9+,10?,11?,12?/m1/s1. The molecule has 2 N–H and O–H groups in total. The first-order valence-corrected chi connectivity index (χ1v) is 7.26. The summed E-state index contributed by atoms with van der Waals surface area (Å²) in [6, 6.07) is 0. The average Bonchev–Trinajstić information content (AvgIpc) is 3.05. The van der Waals surface area contributed by atoms with E-state index in [4.69, 9.17) is 5.11 Å². The number of carboxylic acid groups (broad SMARTS) is 1. The fourth-order valence-corrected chi connectivity index (χ4v) is 4.10. The molecule has 0 aromatic rings. The van der Waals surface area contributed by atoms with Gasteiger partial charge in [0, 0.05) is 24.9 Å². The van der Waals surface area contributed by atoms with Crippen LogP contribution in [0.25, 0.3) is 0 Å². The van der Waals surface area contributed by atoms with Crippen LogP contribution in [0.1, 0.15) is 32.1 Å². The summed E-state index contributed by atoms with van der Waals surface area (Å²) in [6.07, 6.45) is 3.43. The summed E-state index contributed by atoms with van der Waals surface area (Å²) in [7, 11) is 0. The molecule has 1 heterocycles. The molecule has 3 rings (SSSR count). The number of carbonyl (C=O) groups excluding carboxylic acids is 1. The molecule has 0 bridgehead atoms. The van der Waals surface area contributed by atoms with E-state index in [1.807, 2.05) is 4.90 Å². The number of hydrogen-bond donors (Lipinski definition) is 2. The number of rotatable bonds is 2. The maximum Gasteiger partial charge on any atom is 0.306 e. The van der Waals surface area contributed by atoms with E-state index in [9.17, 15) is 14.7 Å². The molecule has 19 heavy (non-hydrogen) atoms. The van der Waals surface area contributed by atoms with Crippen molar-refractivity contribution in [2.45, 2.75) is 38.2 Å². The minimum Gasteiger partial charge on any atom is -0.481 e. The molecule has 3 unspecified atom stereocenters. The predicted octanol–water partition coefficient (Wildman–Crippen LogP) is 0.717. The molecule has 5 nitrogen and oxygen atoms in total. The van der Waals surface area contributed by atoms with Gasteiger partial charge in [0.15, 0.2) is 0 Å². The highest BCUT2D eigenvalue weighted by atomic mass is 16.4. The molecular formula is C14H21NO4. The van der Waals surface area contributed by atoms with Gasteiger partial charge in [-0.05, 0) is 38.0 Å². The lowest BCUT2D eigenvalue weighted by molar-refractivity contribution is -0.141. The number of aliphatic hydroxyl groups is 1. The maximum atomic E-state index is 12.4. The topological polar surface area (TPSA) is 77.8 Å². The van der Waals surface area contributed by atoms with E-state index in [1.165, 1.54) is 0 Å². The highest BCUT2D eigenvalue weighted by Gasteiger charge is 2.45. The van der Waals surface area contributed by atoms with E-state index in [0.717, 1.165) is 19.4 Å². The summed E-state index contributed by atoms with van der Waals surface area (Å²) in [6.45, 7) is 1.42. The lowest BCUT2D eigenvalue weighted by Gasteiger charge is -2.22. The molecule has 3 fully saturated rings. The summed E-state index contributed by atoms with van der Waals surface area (Å²) >= 11 is 0. The van der Waals surface area contributed by atoms with E-state index < -0.39 is 5.97 Å². The quantitative estimate of drug-likeness (QED) is 0.772. The van der Waals surface area contributed by atoms with Crippen LogP contribution in [0.4, 0.5) is 0 Å². The number of likely N-dealkylation sites (tertiary alicyclic amines) is 1. The van der Waals surface area contributed by atoms with Gasteiger partial charge in [-0.2, -0.15) is 0 Å². The molecule has 5 heteroatoms. The maximum absolute atomic E-state index is 12.4. The van der Waals surface area contributed by atoms with Crippen molar-refractivity contribution in [2.75, 3.05) is 13.1 Å². The van der Waals surface area contributed by atoms with Crippen LogP contribution < -0.4 is 0 Å². The van der Waals surface area contributed by atoms with Gasteiger partial charge in [0.2, 0.25) is 5.91 Å². The van der Waals surface area contributed by atoms with Crippen molar-refractivity contribution < 1.29 is 19.8 Å². The Hall–Kier alpha value is -1.10. The van der Waals surface area contributed by atoms with Gasteiger partial charge in [0.05, 0.1) is 12.0 Å². The molecule has 5 atom stereocenters. The van der Waals surface area contributed by atoms with Crippen LogP contribution in [0.15, 0.2) is 0 Å². The third-order valence-corrected chi connectivity index (χ3v) is 5.26. The van der Waals surface area contributed by atoms with Crippen molar-refractivity contribution in [1.29, 1.82) is 0 Å². The van der Waals surface area contributed by atoms with E-state index in [2.05, 4.69) is 0 Å². The average molecular weight is 267 g/mol. The van der Waals surface area contributed by atoms with Gasteiger partial charge in [-0.25, -0.2) is 0 Å². The summed E-state index contributed by atoms with van der Waals surface area (Å²) in [5.74, 6) is -0.413. The zero-order valence-electron chi connectivity index (χ0n) is 11.0. The normalized spacial score (nSPS) is 41.5. The Morgan fingerprint density at radius 2 is 1.74 bits per heavy atom. The van der Waals surface area contributed by atoms with Gasteiger partial charge in [-0.15, -0.1) is 0 Å². The lowest BCUT2D eigenvalue weighted by Crippen LogP contribution is -2.35. The number of nitrogens with zero attached hydrogens (tertiary/aromatic N) is 1. The van der Waals surface area contributed by atoms with Gasteiger partial charge < -0.3 is 15.1 Å².